The number of fused-ring (bicyclic) bond motifs is 1. The average molecular weight is 366 g/mol. The summed E-state index contributed by atoms with van der Waals surface area (Å²) in [6.07, 6.45) is 1.01. The lowest BCUT2D eigenvalue weighted by Gasteiger charge is -2.17. The zero-order valence-electron chi connectivity index (χ0n) is 11.2. The molecule has 3 nitrogen and oxygen atoms in total. The topological polar surface area (TPSA) is 41.1 Å². The number of hydrogen-bond acceptors (Lipinski definition) is 2. The molecule has 21 heavy (non-hydrogen) atoms. The molecule has 1 heterocycles. The number of benzene rings is 2. The van der Waals surface area contributed by atoms with Crippen LogP contribution in [0.3, 0.4) is 0 Å². The van der Waals surface area contributed by atoms with Crippen LogP contribution in [0.2, 0.25) is 5.02 Å². The van der Waals surface area contributed by atoms with Crippen molar-refractivity contribution in [3.05, 3.63) is 62.6 Å². The molecular formula is C16H14BrClN2O. The highest BCUT2D eigenvalue weighted by molar-refractivity contribution is 9.10. The molecule has 0 aromatic heterocycles. The number of rotatable bonds is 2. The summed E-state index contributed by atoms with van der Waals surface area (Å²) in [5, 5.41) is 6.67. The van der Waals surface area contributed by atoms with Crippen LogP contribution in [0.15, 0.2) is 40.9 Å². The molecule has 0 bridgehead atoms. The summed E-state index contributed by atoms with van der Waals surface area (Å²) < 4.78 is 0.880. The van der Waals surface area contributed by atoms with Crippen molar-refractivity contribution in [3.8, 4) is 0 Å². The highest BCUT2D eigenvalue weighted by Gasteiger charge is 2.13. The first-order chi connectivity index (χ1) is 10.1. The molecule has 0 saturated carbocycles. The van der Waals surface area contributed by atoms with E-state index < -0.39 is 0 Å². The largest absolute Gasteiger partial charge is 0.321 e. The van der Waals surface area contributed by atoms with E-state index >= 15 is 0 Å². The van der Waals surface area contributed by atoms with E-state index in [1.807, 2.05) is 24.3 Å². The zero-order chi connectivity index (χ0) is 14.8. The Morgan fingerprint density at radius 2 is 2.05 bits per heavy atom. The fraction of sp³-hybridized carbons (Fsp3) is 0.188. The summed E-state index contributed by atoms with van der Waals surface area (Å²) in [4.78, 5) is 12.3. The number of nitrogens with one attached hydrogen (secondary N) is 2. The fourth-order valence-corrected chi connectivity index (χ4v) is 3.13. The molecule has 1 amide bonds. The molecule has 0 aliphatic carbocycles. The van der Waals surface area contributed by atoms with E-state index in [0.717, 1.165) is 24.0 Å². The van der Waals surface area contributed by atoms with Crippen molar-refractivity contribution < 1.29 is 4.79 Å². The van der Waals surface area contributed by atoms with Crippen molar-refractivity contribution >= 4 is 39.1 Å². The van der Waals surface area contributed by atoms with Crippen LogP contribution in [0.1, 0.15) is 21.5 Å². The van der Waals surface area contributed by atoms with Crippen molar-refractivity contribution in [3.63, 3.8) is 0 Å². The maximum atomic E-state index is 12.3. The van der Waals surface area contributed by atoms with Gasteiger partial charge in [-0.2, -0.15) is 0 Å². The number of carbonyl (C=O) groups excluding carboxylic acids is 1. The molecule has 0 atom stereocenters. The van der Waals surface area contributed by atoms with E-state index in [0.29, 0.717) is 16.3 Å². The van der Waals surface area contributed by atoms with Crippen LogP contribution >= 0.6 is 27.5 Å². The Hall–Kier alpha value is -1.36. The number of halogens is 2. The molecule has 2 aromatic carbocycles. The molecule has 2 aromatic rings. The van der Waals surface area contributed by atoms with Gasteiger partial charge in [0.1, 0.15) is 0 Å². The Balaban J connectivity index is 1.82. The van der Waals surface area contributed by atoms with Gasteiger partial charge in [0.05, 0.1) is 10.7 Å². The first-order valence-corrected chi connectivity index (χ1v) is 7.89. The predicted octanol–water partition coefficient (Wildman–Crippen LogP) is 4.00. The van der Waals surface area contributed by atoms with E-state index in [1.54, 1.807) is 12.1 Å². The van der Waals surface area contributed by atoms with E-state index in [-0.39, 0.29) is 5.91 Å². The lowest BCUT2D eigenvalue weighted by atomic mass is 9.98. The van der Waals surface area contributed by atoms with Crippen molar-refractivity contribution in [1.82, 2.24) is 5.32 Å². The molecule has 0 saturated heterocycles. The summed E-state index contributed by atoms with van der Waals surface area (Å²) in [5.41, 5.74) is 3.76. The Morgan fingerprint density at radius 3 is 2.86 bits per heavy atom. The van der Waals surface area contributed by atoms with Crippen molar-refractivity contribution in [2.24, 2.45) is 0 Å². The maximum Gasteiger partial charge on any atom is 0.255 e. The molecule has 1 aliphatic heterocycles. The van der Waals surface area contributed by atoms with Gasteiger partial charge in [-0.1, -0.05) is 33.6 Å². The molecule has 0 fully saturated rings. The van der Waals surface area contributed by atoms with Gasteiger partial charge < -0.3 is 10.6 Å². The van der Waals surface area contributed by atoms with Gasteiger partial charge in [-0.25, -0.2) is 0 Å². The normalized spacial score (nSPS) is 13.6. The molecular weight excluding hydrogens is 352 g/mol. The van der Waals surface area contributed by atoms with Crippen LogP contribution in [-0.4, -0.2) is 12.5 Å². The molecule has 0 unspecified atom stereocenters. The Labute approximate surface area is 136 Å². The first-order valence-electron chi connectivity index (χ1n) is 6.72. The summed E-state index contributed by atoms with van der Waals surface area (Å²) >= 11 is 9.47. The summed E-state index contributed by atoms with van der Waals surface area (Å²) in [6, 6.07) is 11.2. The van der Waals surface area contributed by atoms with E-state index in [2.05, 4.69) is 26.6 Å². The maximum absolute atomic E-state index is 12.3. The average Bonchev–Trinajstić information content (AvgIpc) is 2.49. The van der Waals surface area contributed by atoms with Crippen LogP contribution in [0.4, 0.5) is 5.69 Å². The second kappa shape index (κ2) is 6.18. The minimum atomic E-state index is -0.146. The molecule has 3 rings (SSSR count). The van der Waals surface area contributed by atoms with Crippen molar-refractivity contribution in [2.45, 2.75) is 13.0 Å². The predicted molar refractivity (Wildman–Crippen MR) is 89.0 cm³/mol. The SMILES string of the molecule is O=C(Nc1ccc(Br)cc1Cl)c1ccc2c(c1)CNCC2. The van der Waals surface area contributed by atoms with Gasteiger partial charge in [0.15, 0.2) is 0 Å². The van der Waals surface area contributed by atoms with Crippen LogP contribution in [0, 0.1) is 0 Å². The minimum absolute atomic E-state index is 0.146. The highest BCUT2D eigenvalue weighted by Crippen LogP contribution is 2.26. The molecule has 2 N–H and O–H groups in total. The minimum Gasteiger partial charge on any atom is -0.321 e. The quantitative estimate of drug-likeness (QED) is 0.844. The van der Waals surface area contributed by atoms with Gasteiger partial charge in [-0.3, -0.25) is 4.79 Å². The standard InChI is InChI=1S/C16H14BrClN2O/c17-13-3-4-15(14(18)8-13)20-16(21)11-2-1-10-5-6-19-9-12(10)7-11/h1-4,7-8,19H,5-6,9H2,(H,20,21). The van der Waals surface area contributed by atoms with Crippen LogP contribution in [-0.2, 0) is 13.0 Å². The van der Waals surface area contributed by atoms with Crippen LogP contribution in [0.5, 0.6) is 0 Å². The number of anilines is 1. The smallest absolute Gasteiger partial charge is 0.255 e. The Morgan fingerprint density at radius 1 is 1.19 bits per heavy atom. The fourth-order valence-electron chi connectivity index (χ4n) is 2.41. The van der Waals surface area contributed by atoms with Gasteiger partial charge in [0.2, 0.25) is 0 Å². The van der Waals surface area contributed by atoms with Gasteiger partial charge in [0.25, 0.3) is 5.91 Å². The zero-order valence-corrected chi connectivity index (χ0v) is 13.6. The highest BCUT2D eigenvalue weighted by atomic mass is 79.9. The van der Waals surface area contributed by atoms with Crippen molar-refractivity contribution in [2.75, 3.05) is 11.9 Å². The summed E-state index contributed by atoms with van der Waals surface area (Å²) in [5.74, 6) is -0.146. The van der Waals surface area contributed by atoms with E-state index in [4.69, 9.17) is 11.6 Å². The first kappa shape index (κ1) is 14.6. The van der Waals surface area contributed by atoms with Gasteiger partial charge in [-0.15, -0.1) is 0 Å². The molecule has 0 spiro atoms. The second-order valence-electron chi connectivity index (χ2n) is 4.99. The monoisotopic (exact) mass is 364 g/mol. The molecule has 5 heteroatoms. The van der Waals surface area contributed by atoms with Crippen LogP contribution in [0.25, 0.3) is 0 Å². The summed E-state index contributed by atoms with van der Waals surface area (Å²) in [7, 11) is 0. The molecule has 0 radical (unpaired) electrons. The van der Waals surface area contributed by atoms with Gasteiger partial charge in [0, 0.05) is 16.6 Å². The van der Waals surface area contributed by atoms with Crippen molar-refractivity contribution in [1.29, 1.82) is 0 Å². The lowest BCUT2D eigenvalue weighted by Crippen LogP contribution is -2.24. The Bertz CT molecular complexity index is 703. The van der Waals surface area contributed by atoms with Gasteiger partial charge in [-0.05, 0) is 54.4 Å². The number of amides is 1. The third-order valence-electron chi connectivity index (χ3n) is 3.53. The number of hydrogen-bond donors (Lipinski definition) is 2. The van der Waals surface area contributed by atoms with Gasteiger partial charge >= 0.3 is 0 Å². The Kier molecular flexibility index (Phi) is 4.29. The van der Waals surface area contributed by atoms with E-state index in [9.17, 15) is 4.79 Å². The summed E-state index contributed by atoms with van der Waals surface area (Å²) in [6.45, 7) is 1.81. The third-order valence-corrected chi connectivity index (χ3v) is 4.34. The van der Waals surface area contributed by atoms with Crippen LogP contribution < -0.4 is 10.6 Å². The number of carbonyl (C=O) groups is 1. The third kappa shape index (κ3) is 3.28. The molecule has 1 aliphatic rings. The molecule has 108 valence electrons. The lowest BCUT2D eigenvalue weighted by molar-refractivity contribution is 0.102. The second-order valence-corrected chi connectivity index (χ2v) is 6.31. The van der Waals surface area contributed by atoms with E-state index in [1.165, 1.54) is 11.1 Å².